The zero-order chi connectivity index (χ0) is 15.7. The van der Waals surface area contributed by atoms with Crippen molar-refractivity contribution in [2.45, 2.75) is 19.8 Å². The summed E-state index contributed by atoms with van der Waals surface area (Å²) >= 11 is 0. The maximum Gasteiger partial charge on any atom is 0.150 e. The molecule has 0 saturated carbocycles. The fourth-order valence-corrected chi connectivity index (χ4v) is 5.02. The molecule has 1 aliphatic heterocycles. The van der Waals surface area contributed by atoms with E-state index in [1.807, 2.05) is 0 Å². The van der Waals surface area contributed by atoms with E-state index in [1.165, 1.54) is 12.1 Å². The summed E-state index contributed by atoms with van der Waals surface area (Å²) in [5.74, 6) is -0.517. The van der Waals surface area contributed by atoms with Crippen LogP contribution < -0.4 is 0 Å². The predicted octanol–water partition coefficient (Wildman–Crippen LogP) is 1.08. The molecule has 1 aromatic carbocycles. The molecule has 118 valence electrons. The van der Waals surface area contributed by atoms with Crippen LogP contribution in [0.4, 0.5) is 4.39 Å². The number of sulfone groups is 1. The SMILES string of the molecule is Cc1cc(F)ccc1CC(CO)(CO)C1CCS(=O)(=O)C1. The zero-order valence-electron chi connectivity index (χ0n) is 12.0. The topological polar surface area (TPSA) is 74.6 Å². The highest BCUT2D eigenvalue weighted by molar-refractivity contribution is 7.91. The fourth-order valence-electron chi connectivity index (χ4n) is 3.08. The molecule has 0 bridgehead atoms. The smallest absolute Gasteiger partial charge is 0.150 e. The van der Waals surface area contributed by atoms with Gasteiger partial charge in [0, 0.05) is 5.41 Å². The molecule has 0 radical (unpaired) electrons. The Bertz CT molecular complexity index is 608. The Labute approximate surface area is 124 Å². The minimum absolute atomic E-state index is 0.00559. The van der Waals surface area contributed by atoms with Crippen molar-refractivity contribution in [3.05, 3.63) is 35.1 Å². The van der Waals surface area contributed by atoms with E-state index in [4.69, 9.17) is 0 Å². The van der Waals surface area contributed by atoms with Crippen molar-refractivity contribution in [1.82, 2.24) is 0 Å². The third-order valence-electron chi connectivity index (χ3n) is 4.58. The molecule has 0 spiro atoms. The lowest BCUT2D eigenvalue weighted by atomic mass is 9.71. The molecule has 0 amide bonds. The van der Waals surface area contributed by atoms with Crippen molar-refractivity contribution in [1.29, 1.82) is 0 Å². The number of rotatable bonds is 5. The molecule has 1 fully saturated rings. The first-order valence-electron chi connectivity index (χ1n) is 6.99. The van der Waals surface area contributed by atoms with Gasteiger partial charge < -0.3 is 10.2 Å². The summed E-state index contributed by atoms with van der Waals surface area (Å²) in [5.41, 5.74) is 0.678. The Morgan fingerprint density at radius 3 is 2.48 bits per heavy atom. The number of aliphatic hydroxyl groups excluding tert-OH is 2. The normalized spacial score (nSPS) is 21.6. The molecule has 2 N–H and O–H groups in total. The van der Waals surface area contributed by atoms with E-state index in [9.17, 15) is 23.0 Å². The van der Waals surface area contributed by atoms with Gasteiger partial charge in [0.25, 0.3) is 0 Å². The maximum atomic E-state index is 13.2. The summed E-state index contributed by atoms with van der Waals surface area (Å²) in [4.78, 5) is 0. The molecule has 0 aromatic heterocycles. The molecule has 1 saturated heterocycles. The lowest BCUT2D eigenvalue weighted by molar-refractivity contribution is 0.0123. The van der Waals surface area contributed by atoms with Gasteiger partial charge in [0.1, 0.15) is 5.82 Å². The average molecular weight is 316 g/mol. The lowest BCUT2D eigenvalue weighted by Gasteiger charge is -2.36. The minimum Gasteiger partial charge on any atom is -0.396 e. The minimum atomic E-state index is -3.09. The van der Waals surface area contributed by atoms with Gasteiger partial charge in [0.2, 0.25) is 0 Å². The van der Waals surface area contributed by atoms with Crippen molar-refractivity contribution in [2.24, 2.45) is 11.3 Å². The van der Waals surface area contributed by atoms with Crippen LogP contribution in [0.3, 0.4) is 0 Å². The number of hydrogen-bond acceptors (Lipinski definition) is 4. The molecular weight excluding hydrogens is 295 g/mol. The Morgan fingerprint density at radius 2 is 2.00 bits per heavy atom. The van der Waals surface area contributed by atoms with Crippen LogP contribution in [0, 0.1) is 24.1 Å². The maximum absolute atomic E-state index is 13.2. The van der Waals surface area contributed by atoms with Crippen LogP contribution in [0.15, 0.2) is 18.2 Å². The summed E-state index contributed by atoms with van der Waals surface area (Å²) < 4.78 is 36.5. The number of halogens is 1. The Morgan fingerprint density at radius 1 is 1.33 bits per heavy atom. The molecule has 1 aromatic rings. The van der Waals surface area contributed by atoms with Crippen molar-refractivity contribution in [3.63, 3.8) is 0 Å². The lowest BCUT2D eigenvalue weighted by Crippen LogP contribution is -2.41. The van der Waals surface area contributed by atoms with Crippen molar-refractivity contribution in [3.8, 4) is 0 Å². The molecule has 0 aliphatic carbocycles. The van der Waals surface area contributed by atoms with Gasteiger partial charge in [-0.1, -0.05) is 6.07 Å². The standard InChI is InChI=1S/C15H21FO4S/c1-11-6-14(16)3-2-12(11)7-15(9-17,10-18)13-4-5-21(19,20)8-13/h2-3,6,13,17-18H,4-5,7-10H2,1H3. The first-order valence-corrected chi connectivity index (χ1v) is 8.81. The van der Waals surface area contributed by atoms with Crippen LogP contribution in [-0.4, -0.2) is 43.4 Å². The van der Waals surface area contributed by atoms with Gasteiger partial charge in [-0.3, -0.25) is 0 Å². The van der Waals surface area contributed by atoms with E-state index in [2.05, 4.69) is 0 Å². The van der Waals surface area contributed by atoms with Gasteiger partial charge in [0.15, 0.2) is 9.84 Å². The van der Waals surface area contributed by atoms with Gasteiger partial charge in [-0.25, -0.2) is 12.8 Å². The van der Waals surface area contributed by atoms with Crippen molar-refractivity contribution in [2.75, 3.05) is 24.7 Å². The molecule has 1 heterocycles. The number of hydrogen-bond donors (Lipinski definition) is 2. The fraction of sp³-hybridized carbons (Fsp3) is 0.600. The first kappa shape index (κ1) is 16.4. The summed E-state index contributed by atoms with van der Waals surface area (Å²) in [6.07, 6.45) is 0.788. The van der Waals surface area contributed by atoms with Crippen LogP contribution in [0.5, 0.6) is 0 Å². The van der Waals surface area contributed by atoms with Gasteiger partial charge >= 0.3 is 0 Å². The van der Waals surface area contributed by atoms with E-state index in [0.717, 1.165) is 11.1 Å². The first-order chi connectivity index (χ1) is 9.82. The summed E-state index contributed by atoms with van der Waals surface area (Å²) in [5, 5.41) is 19.6. The highest BCUT2D eigenvalue weighted by Gasteiger charge is 2.44. The number of aryl methyl sites for hydroxylation is 1. The van der Waals surface area contributed by atoms with E-state index in [0.29, 0.717) is 12.8 Å². The summed E-state index contributed by atoms with van der Waals surface area (Å²) in [6, 6.07) is 4.38. The molecule has 4 nitrogen and oxygen atoms in total. The van der Waals surface area contributed by atoms with Gasteiger partial charge in [-0.15, -0.1) is 0 Å². The molecule has 1 atom stereocenters. The number of aliphatic hydroxyl groups is 2. The third kappa shape index (κ3) is 3.44. The van der Waals surface area contributed by atoms with Gasteiger partial charge in [-0.2, -0.15) is 0 Å². The van der Waals surface area contributed by atoms with Crippen LogP contribution in [0.1, 0.15) is 17.5 Å². The van der Waals surface area contributed by atoms with Crippen LogP contribution in [-0.2, 0) is 16.3 Å². The van der Waals surface area contributed by atoms with Gasteiger partial charge in [0.05, 0.1) is 24.7 Å². The second kappa shape index (κ2) is 6.02. The van der Waals surface area contributed by atoms with E-state index in [1.54, 1.807) is 13.0 Å². The number of benzene rings is 1. The van der Waals surface area contributed by atoms with Crippen molar-refractivity contribution >= 4 is 9.84 Å². The molecule has 21 heavy (non-hydrogen) atoms. The van der Waals surface area contributed by atoms with E-state index >= 15 is 0 Å². The quantitative estimate of drug-likeness (QED) is 0.852. The monoisotopic (exact) mass is 316 g/mol. The van der Waals surface area contributed by atoms with Crippen molar-refractivity contribution < 1.29 is 23.0 Å². The molecular formula is C15H21FO4S. The van der Waals surface area contributed by atoms with Gasteiger partial charge in [-0.05, 0) is 48.9 Å². The third-order valence-corrected chi connectivity index (χ3v) is 6.34. The summed E-state index contributed by atoms with van der Waals surface area (Å²) in [7, 11) is -3.09. The predicted molar refractivity (Wildman–Crippen MR) is 78.2 cm³/mol. The molecule has 1 unspecified atom stereocenters. The average Bonchev–Trinajstić information content (AvgIpc) is 2.79. The highest BCUT2D eigenvalue weighted by Crippen LogP contribution is 2.39. The van der Waals surface area contributed by atoms with E-state index < -0.39 is 15.3 Å². The molecule has 2 rings (SSSR count). The Kier molecular flexibility index (Phi) is 4.70. The van der Waals surface area contributed by atoms with E-state index in [-0.39, 0.29) is 36.5 Å². The second-order valence-electron chi connectivity index (χ2n) is 6.03. The largest absolute Gasteiger partial charge is 0.396 e. The molecule has 6 heteroatoms. The Hall–Kier alpha value is -0.980. The van der Waals surface area contributed by atoms with Crippen LogP contribution >= 0.6 is 0 Å². The Balaban J connectivity index is 2.30. The highest BCUT2D eigenvalue weighted by atomic mass is 32.2. The molecule has 1 aliphatic rings. The van der Waals surface area contributed by atoms with Crippen LogP contribution in [0.2, 0.25) is 0 Å². The van der Waals surface area contributed by atoms with Crippen LogP contribution in [0.25, 0.3) is 0 Å². The zero-order valence-corrected chi connectivity index (χ0v) is 12.9. The second-order valence-corrected chi connectivity index (χ2v) is 8.25. The summed E-state index contributed by atoms with van der Waals surface area (Å²) in [6.45, 7) is 1.18.